The van der Waals surface area contributed by atoms with E-state index in [4.69, 9.17) is 4.74 Å². The lowest BCUT2D eigenvalue weighted by molar-refractivity contribution is -0.0512. The summed E-state index contributed by atoms with van der Waals surface area (Å²) in [5.74, 6) is 0.419. The van der Waals surface area contributed by atoms with Gasteiger partial charge in [0.1, 0.15) is 5.82 Å². The Kier molecular flexibility index (Phi) is 9.76. The van der Waals surface area contributed by atoms with Gasteiger partial charge in [0.25, 0.3) is 0 Å². The number of aliphatic imine (C=N–C) groups is 1. The number of guanidine groups is 1. The standard InChI is InChI=1S/C18H20F3N3O2.HI/c1-22-18(23-10-12-3-6-14(19)7-4-12)24-11-13-5-8-15(25-2)16(9-13)26-17(20)21;/h3-9,17H,10-11H2,1-2H3,(H2,22,23,24);1H. The summed E-state index contributed by atoms with van der Waals surface area (Å²) in [5, 5.41) is 6.15. The highest BCUT2D eigenvalue weighted by molar-refractivity contribution is 14.0. The molecule has 2 aromatic carbocycles. The highest BCUT2D eigenvalue weighted by Gasteiger charge is 2.11. The number of hydrogen-bond donors (Lipinski definition) is 2. The van der Waals surface area contributed by atoms with E-state index in [9.17, 15) is 13.2 Å². The van der Waals surface area contributed by atoms with E-state index >= 15 is 0 Å². The van der Waals surface area contributed by atoms with Gasteiger partial charge in [-0.2, -0.15) is 8.78 Å². The molecule has 0 fully saturated rings. The summed E-state index contributed by atoms with van der Waals surface area (Å²) in [6.45, 7) is -2.13. The summed E-state index contributed by atoms with van der Waals surface area (Å²) >= 11 is 0. The summed E-state index contributed by atoms with van der Waals surface area (Å²) in [5.41, 5.74) is 1.61. The van der Waals surface area contributed by atoms with Crippen molar-refractivity contribution in [1.82, 2.24) is 10.6 Å². The van der Waals surface area contributed by atoms with Crippen molar-refractivity contribution >= 4 is 29.9 Å². The maximum atomic E-state index is 12.9. The van der Waals surface area contributed by atoms with Crippen LogP contribution >= 0.6 is 24.0 Å². The third-order valence-electron chi connectivity index (χ3n) is 3.50. The van der Waals surface area contributed by atoms with Crippen molar-refractivity contribution < 1.29 is 22.6 Å². The molecule has 0 amide bonds. The SMILES string of the molecule is CN=C(NCc1ccc(F)cc1)NCc1ccc(OC)c(OC(F)F)c1.I. The number of ether oxygens (including phenoxy) is 2. The summed E-state index contributed by atoms with van der Waals surface area (Å²) < 4.78 is 47.3. The van der Waals surface area contributed by atoms with Crippen molar-refractivity contribution in [3.63, 3.8) is 0 Å². The first-order valence-corrected chi connectivity index (χ1v) is 7.82. The van der Waals surface area contributed by atoms with Crippen LogP contribution in [0, 0.1) is 5.82 Å². The second-order valence-electron chi connectivity index (χ2n) is 5.27. The zero-order valence-corrected chi connectivity index (χ0v) is 17.2. The fraction of sp³-hybridized carbons (Fsp3) is 0.278. The molecule has 5 nitrogen and oxygen atoms in total. The van der Waals surface area contributed by atoms with Crippen molar-refractivity contribution in [2.24, 2.45) is 4.99 Å². The van der Waals surface area contributed by atoms with Crippen LogP contribution in [0.3, 0.4) is 0 Å². The zero-order valence-electron chi connectivity index (χ0n) is 14.8. The van der Waals surface area contributed by atoms with Gasteiger partial charge in [-0.3, -0.25) is 4.99 Å². The van der Waals surface area contributed by atoms with E-state index in [1.807, 2.05) is 0 Å². The molecule has 2 aromatic rings. The molecule has 148 valence electrons. The van der Waals surface area contributed by atoms with Crippen LogP contribution in [-0.4, -0.2) is 26.7 Å². The molecule has 0 aliphatic carbocycles. The minimum absolute atomic E-state index is 0. The number of alkyl halides is 2. The van der Waals surface area contributed by atoms with Gasteiger partial charge in [-0.15, -0.1) is 24.0 Å². The average Bonchev–Trinajstić information content (AvgIpc) is 2.63. The predicted molar refractivity (Wildman–Crippen MR) is 108 cm³/mol. The molecule has 0 saturated heterocycles. The molecule has 27 heavy (non-hydrogen) atoms. The number of nitrogens with one attached hydrogen (secondary N) is 2. The molecule has 0 aromatic heterocycles. The fourth-order valence-corrected chi connectivity index (χ4v) is 2.21. The summed E-state index contributed by atoms with van der Waals surface area (Å²) in [4.78, 5) is 4.08. The van der Waals surface area contributed by atoms with Crippen LogP contribution in [0.5, 0.6) is 11.5 Å². The highest BCUT2D eigenvalue weighted by Crippen LogP contribution is 2.29. The van der Waals surface area contributed by atoms with E-state index in [1.165, 1.54) is 25.3 Å². The maximum Gasteiger partial charge on any atom is 0.387 e. The minimum atomic E-state index is -2.93. The Hall–Kier alpha value is -2.17. The first-order chi connectivity index (χ1) is 12.5. The zero-order chi connectivity index (χ0) is 18.9. The molecule has 0 saturated carbocycles. The Morgan fingerprint density at radius 3 is 2.15 bits per heavy atom. The van der Waals surface area contributed by atoms with Crippen LogP contribution in [0.25, 0.3) is 0 Å². The molecule has 2 N–H and O–H groups in total. The van der Waals surface area contributed by atoms with Gasteiger partial charge in [0, 0.05) is 20.1 Å². The number of rotatable bonds is 7. The number of halogens is 4. The molecular weight excluding hydrogens is 474 g/mol. The van der Waals surface area contributed by atoms with Crippen LogP contribution in [-0.2, 0) is 13.1 Å². The van der Waals surface area contributed by atoms with Gasteiger partial charge in [0.15, 0.2) is 17.5 Å². The predicted octanol–water partition coefficient (Wildman–Crippen LogP) is 3.92. The van der Waals surface area contributed by atoms with Gasteiger partial charge in [-0.25, -0.2) is 4.39 Å². The van der Waals surface area contributed by atoms with Gasteiger partial charge in [-0.05, 0) is 35.4 Å². The average molecular weight is 495 g/mol. The third kappa shape index (κ3) is 7.53. The van der Waals surface area contributed by atoms with E-state index in [0.29, 0.717) is 24.6 Å². The van der Waals surface area contributed by atoms with Gasteiger partial charge in [-0.1, -0.05) is 18.2 Å². The van der Waals surface area contributed by atoms with Crippen LogP contribution in [0.4, 0.5) is 13.2 Å². The van der Waals surface area contributed by atoms with Gasteiger partial charge < -0.3 is 20.1 Å². The molecule has 0 unspecified atom stereocenters. The van der Waals surface area contributed by atoms with Gasteiger partial charge in [0.05, 0.1) is 7.11 Å². The Labute approximate surface area is 173 Å². The normalized spacial score (nSPS) is 11.0. The maximum absolute atomic E-state index is 12.9. The second kappa shape index (κ2) is 11.5. The molecule has 0 heterocycles. The lowest BCUT2D eigenvalue weighted by Gasteiger charge is -2.14. The van der Waals surface area contributed by atoms with Crippen LogP contribution in [0.2, 0.25) is 0 Å². The highest BCUT2D eigenvalue weighted by atomic mass is 127. The summed E-state index contributed by atoms with van der Waals surface area (Å²) in [6, 6.07) is 10.9. The molecule has 0 spiro atoms. The largest absolute Gasteiger partial charge is 0.493 e. The van der Waals surface area contributed by atoms with E-state index in [1.54, 1.807) is 31.3 Å². The molecular formula is C18H21F3IN3O2. The lowest BCUT2D eigenvalue weighted by Crippen LogP contribution is -2.36. The van der Waals surface area contributed by atoms with Crippen molar-refractivity contribution in [3.05, 3.63) is 59.4 Å². The monoisotopic (exact) mass is 495 g/mol. The Bertz CT molecular complexity index is 743. The summed E-state index contributed by atoms with van der Waals surface area (Å²) in [6.07, 6.45) is 0. The van der Waals surface area contributed by atoms with Gasteiger partial charge >= 0.3 is 6.61 Å². The van der Waals surface area contributed by atoms with E-state index < -0.39 is 6.61 Å². The number of benzene rings is 2. The second-order valence-corrected chi connectivity index (χ2v) is 5.27. The number of nitrogens with zero attached hydrogens (tertiary/aromatic N) is 1. The fourth-order valence-electron chi connectivity index (χ4n) is 2.21. The minimum Gasteiger partial charge on any atom is -0.493 e. The first kappa shape index (κ1) is 22.9. The molecule has 0 bridgehead atoms. The Morgan fingerprint density at radius 2 is 1.59 bits per heavy atom. The Morgan fingerprint density at radius 1 is 1.00 bits per heavy atom. The van der Waals surface area contributed by atoms with E-state index in [-0.39, 0.29) is 41.3 Å². The van der Waals surface area contributed by atoms with Crippen molar-refractivity contribution in [1.29, 1.82) is 0 Å². The molecule has 0 aliphatic heterocycles. The van der Waals surface area contributed by atoms with Crippen LogP contribution < -0.4 is 20.1 Å². The first-order valence-electron chi connectivity index (χ1n) is 7.82. The topological polar surface area (TPSA) is 54.9 Å². The quantitative estimate of drug-likeness (QED) is 0.348. The van der Waals surface area contributed by atoms with E-state index in [2.05, 4.69) is 20.4 Å². The van der Waals surface area contributed by atoms with Crippen LogP contribution in [0.1, 0.15) is 11.1 Å². The van der Waals surface area contributed by atoms with Crippen molar-refractivity contribution in [2.45, 2.75) is 19.7 Å². The molecule has 9 heteroatoms. The lowest BCUT2D eigenvalue weighted by atomic mass is 10.2. The number of methoxy groups -OCH3 is 1. The van der Waals surface area contributed by atoms with Crippen molar-refractivity contribution in [2.75, 3.05) is 14.2 Å². The molecule has 0 atom stereocenters. The van der Waals surface area contributed by atoms with Crippen LogP contribution in [0.15, 0.2) is 47.5 Å². The van der Waals surface area contributed by atoms with E-state index in [0.717, 1.165) is 5.56 Å². The Balaban J connectivity index is 0.00000364. The third-order valence-corrected chi connectivity index (χ3v) is 3.50. The molecule has 0 radical (unpaired) electrons. The molecule has 0 aliphatic rings. The van der Waals surface area contributed by atoms with Gasteiger partial charge in [0.2, 0.25) is 0 Å². The summed E-state index contributed by atoms with van der Waals surface area (Å²) in [7, 11) is 2.99. The molecule has 2 rings (SSSR count). The van der Waals surface area contributed by atoms with Crippen molar-refractivity contribution in [3.8, 4) is 11.5 Å². The smallest absolute Gasteiger partial charge is 0.387 e. The number of hydrogen-bond acceptors (Lipinski definition) is 3.